The molecule has 0 saturated carbocycles. The quantitative estimate of drug-likeness (QED) is 0.398. The Morgan fingerprint density at radius 3 is 2.81 bits per heavy atom. The Balaban J connectivity index is 2.11. The molecule has 0 fully saturated rings. The lowest BCUT2D eigenvalue weighted by Gasteiger charge is -1.95. The van der Waals surface area contributed by atoms with Gasteiger partial charge in [0.1, 0.15) is 0 Å². The summed E-state index contributed by atoms with van der Waals surface area (Å²) >= 11 is 0. The zero-order chi connectivity index (χ0) is 11.6. The van der Waals surface area contributed by atoms with Crippen LogP contribution < -0.4 is 0 Å². The highest BCUT2D eigenvalue weighted by Gasteiger charge is 1.99. The molecule has 1 aromatic heterocycles. The number of hydrogen-bond acceptors (Lipinski definition) is 1. The van der Waals surface area contributed by atoms with Gasteiger partial charge < -0.3 is 4.98 Å². The highest BCUT2D eigenvalue weighted by atomic mass is 16.1. The van der Waals surface area contributed by atoms with E-state index in [-0.39, 0.29) is 5.78 Å². The number of aromatic nitrogens is 1. The molecule has 16 heavy (non-hydrogen) atoms. The second-order valence-electron chi connectivity index (χ2n) is 4.07. The normalized spacial score (nSPS) is 11.1. The summed E-state index contributed by atoms with van der Waals surface area (Å²) in [6.07, 6.45) is 14.6. The number of H-pyrrole nitrogens is 1. The molecule has 1 aromatic rings. The first-order chi connectivity index (χ1) is 7.84. The van der Waals surface area contributed by atoms with E-state index < -0.39 is 0 Å². The van der Waals surface area contributed by atoms with Gasteiger partial charge in [-0.2, -0.15) is 0 Å². The van der Waals surface area contributed by atoms with Gasteiger partial charge in [0.05, 0.1) is 0 Å². The van der Waals surface area contributed by atoms with Crippen molar-refractivity contribution in [2.75, 3.05) is 0 Å². The Kier molecular flexibility index (Phi) is 6.31. The van der Waals surface area contributed by atoms with Crippen LogP contribution in [0.5, 0.6) is 0 Å². The Morgan fingerprint density at radius 1 is 1.31 bits per heavy atom. The molecule has 1 rings (SSSR count). The minimum absolute atomic E-state index is 0.0924. The largest absolute Gasteiger partial charge is 0.367 e. The van der Waals surface area contributed by atoms with Crippen molar-refractivity contribution in [3.05, 3.63) is 36.2 Å². The van der Waals surface area contributed by atoms with E-state index in [1.807, 2.05) is 6.08 Å². The van der Waals surface area contributed by atoms with Crippen LogP contribution in [0.3, 0.4) is 0 Å². The second kappa shape index (κ2) is 7.91. The van der Waals surface area contributed by atoms with E-state index >= 15 is 0 Å². The molecule has 0 bridgehead atoms. The lowest BCUT2D eigenvalue weighted by atomic mass is 10.1. The fraction of sp³-hybridized carbons (Fsp3) is 0.500. The summed E-state index contributed by atoms with van der Waals surface area (Å²) in [5, 5.41) is 0. The molecule has 1 N–H and O–H groups in total. The van der Waals surface area contributed by atoms with Gasteiger partial charge in [0.25, 0.3) is 0 Å². The van der Waals surface area contributed by atoms with E-state index in [2.05, 4.69) is 11.9 Å². The molecular formula is C14H21NO. The lowest BCUT2D eigenvalue weighted by molar-refractivity contribution is 0.104. The van der Waals surface area contributed by atoms with E-state index in [9.17, 15) is 4.79 Å². The van der Waals surface area contributed by atoms with Gasteiger partial charge in [0.15, 0.2) is 5.78 Å². The number of nitrogens with one attached hydrogen (secondary N) is 1. The molecule has 1 heterocycles. The van der Waals surface area contributed by atoms with Crippen LogP contribution in [0.15, 0.2) is 30.6 Å². The molecule has 88 valence electrons. The summed E-state index contributed by atoms with van der Waals surface area (Å²) < 4.78 is 0. The molecule has 0 spiro atoms. The van der Waals surface area contributed by atoms with Crippen molar-refractivity contribution >= 4 is 5.78 Å². The summed E-state index contributed by atoms with van der Waals surface area (Å²) in [7, 11) is 0. The van der Waals surface area contributed by atoms with Gasteiger partial charge in [0.2, 0.25) is 0 Å². The van der Waals surface area contributed by atoms with Crippen LogP contribution in [0.2, 0.25) is 0 Å². The van der Waals surface area contributed by atoms with E-state index in [4.69, 9.17) is 0 Å². The zero-order valence-electron chi connectivity index (χ0n) is 10.0. The average Bonchev–Trinajstić information content (AvgIpc) is 2.81. The third-order valence-electron chi connectivity index (χ3n) is 2.63. The third-order valence-corrected chi connectivity index (χ3v) is 2.63. The van der Waals surface area contributed by atoms with Crippen LogP contribution in [0, 0.1) is 0 Å². The van der Waals surface area contributed by atoms with Crippen LogP contribution in [-0.4, -0.2) is 10.8 Å². The molecule has 0 aromatic carbocycles. The maximum absolute atomic E-state index is 11.5. The van der Waals surface area contributed by atoms with Crippen LogP contribution in [0.25, 0.3) is 0 Å². The van der Waals surface area contributed by atoms with Gasteiger partial charge in [-0.15, -0.1) is 0 Å². The van der Waals surface area contributed by atoms with Crippen LogP contribution >= 0.6 is 0 Å². The van der Waals surface area contributed by atoms with Crippen molar-refractivity contribution in [1.29, 1.82) is 0 Å². The summed E-state index contributed by atoms with van der Waals surface area (Å²) in [6.45, 7) is 2.22. The van der Waals surface area contributed by atoms with Crippen molar-refractivity contribution < 1.29 is 4.79 Å². The van der Waals surface area contributed by atoms with Crippen LogP contribution in [-0.2, 0) is 0 Å². The first-order valence-corrected chi connectivity index (χ1v) is 6.18. The molecular weight excluding hydrogens is 198 g/mol. The fourth-order valence-electron chi connectivity index (χ4n) is 1.63. The summed E-state index contributed by atoms with van der Waals surface area (Å²) in [4.78, 5) is 14.4. The molecule has 0 radical (unpaired) electrons. The SMILES string of the molecule is CCCCCCC/C=C/C(=O)c1cc[nH]c1. The second-order valence-corrected chi connectivity index (χ2v) is 4.07. The molecule has 0 unspecified atom stereocenters. The summed E-state index contributed by atoms with van der Waals surface area (Å²) in [5.74, 6) is 0.0924. The Hall–Kier alpha value is -1.31. The molecule has 0 amide bonds. The van der Waals surface area contributed by atoms with Gasteiger partial charge >= 0.3 is 0 Å². The van der Waals surface area contributed by atoms with Crippen molar-refractivity contribution in [1.82, 2.24) is 4.98 Å². The first kappa shape index (κ1) is 12.8. The fourth-order valence-corrected chi connectivity index (χ4v) is 1.63. The topological polar surface area (TPSA) is 32.9 Å². The highest BCUT2D eigenvalue weighted by molar-refractivity contribution is 6.04. The maximum atomic E-state index is 11.5. The third kappa shape index (κ3) is 4.96. The number of allylic oxidation sites excluding steroid dienone is 2. The van der Waals surface area contributed by atoms with Crippen molar-refractivity contribution in [3.63, 3.8) is 0 Å². The van der Waals surface area contributed by atoms with Gasteiger partial charge in [-0.3, -0.25) is 4.79 Å². The number of ketones is 1. The van der Waals surface area contributed by atoms with E-state index in [1.54, 1.807) is 24.5 Å². The summed E-state index contributed by atoms with van der Waals surface area (Å²) in [5.41, 5.74) is 0.738. The van der Waals surface area contributed by atoms with Gasteiger partial charge in [-0.25, -0.2) is 0 Å². The Bertz CT molecular complexity index is 311. The van der Waals surface area contributed by atoms with Crippen molar-refractivity contribution in [2.24, 2.45) is 0 Å². The predicted molar refractivity (Wildman–Crippen MR) is 67.6 cm³/mol. The molecule has 0 atom stereocenters. The lowest BCUT2D eigenvalue weighted by Crippen LogP contribution is -1.90. The maximum Gasteiger partial charge on any atom is 0.187 e. The number of carbonyl (C=O) groups excluding carboxylic acids is 1. The number of rotatable bonds is 8. The Morgan fingerprint density at radius 2 is 2.12 bits per heavy atom. The standard InChI is InChI=1S/C14H21NO/c1-2-3-4-5-6-7-8-9-14(16)13-10-11-15-12-13/h8-12,15H,2-7H2,1H3/b9-8+. The molecule has 2 heteroatoms. The van der Waals surface area contributed by atoms with Crippen molar-refractivity contribution in [3.8, 4) is 0 Å². The Labute approximate surface area is 97.8 Å². The van der Waals surface area contributed by atoms with Gasteiger partial charge in [0, 0.05) is 18.0 Å². The molecule has 2 nitrogen and oxygen atoms in total. The zero-order valence-corrected chi connectivity index (χ0v) is 10.0. The van der Waals surface area contributed by atoms with Crippen LogP contribution in [0.4, 0.5) is 0 Å². The van der Waals surface area contributed by atoms with E-state index in [0.29, 0.717) is 0 Å². The number of hydrogen-bond donors (Lipinski definition) is 1. The van der Waals surface area contributed by atoms with Gasteiger partial charge in [-0.05, 0) is 25.0 Å². The minimum Gasteiger partial charge on any atom is -0.367 e. The van der Waals surface area contributed by atoms with Gasteiger partial charge in [-0.1, -0.05) is 38.7 Å². The molecule has 0 aliphatic rings. The average molecular weight is 219 g/mol. The molecule has 0 aliphatic heterocycles. The summed E-state index contributed by atoms with van der Waals surface area (Å²) in [6, 6.07) is 1.80. The minimum atomic E-state index is 0.0924. The van der Waals surface area contributed by atoms with Crippen LogP contribution in [0.1, 0.15) is 55.8 Å². The highest BCUT2D eigenvalue weighted by Crippen LogP contribution is 2.06. The monoisotopic (exact) mass is 219 g/mol. The van der Waals surface area contributed by atoms with E-state index in [0.717, 1.165) is 12.0 Å². The number of unbranched alkanes of at least 4 members (excludes halogenated alkanes) is 5. The number of aromatic amines is 1. The van der Waals surface area contributed by atoms with E-state index in [1.165, 1.54) is 32.1 Å². The number of carbonyl (C=O) groups is 1. The molecule has 0 saturated heterocycles. The van der Waals surface area contributed by atoms with Crippen molar-refractivity contribution in [2.45, 2.75) is 45.4 Å². The molecule has 0 aliphatic carbocycles. The smallest absolute Gasteiger partial charge is 0.187 e. The predicted octanol–water partition coefficient (Wildman–Crippen LogP) is 4.11. The first-order valence-electron chi connectivity index (χ1n) is 6.18.